The van der Waals surface area contributed by atoms with Gasteiger partial charge < -0.3 is 17.1 Å². The van der Waals surface area contributed by atoms with Crippen LogP contribution >= 0.6 is 0 Å². The van der Waals surface area contributed by atoms with Gasteiger partial charge in [-0.05, 0) is 13.8 Å². The van der Waals surface area contributed by atoms with Crippen LogP contribution in [0.15, 0.2) is 0 Å². The first-order chi connectivity index (χ1) is 5.20. The van der Waals surface area contributed by atoms with E-state index in [-0.39, 0.29) is 42.1 Å². The first-order valence-corrected chi connectivity index (χ1v) is 4.33. The Balaban J connectivity index is 0. The summed E-state index contributed by atoms with van der Waals surface area (Å²) >= 11 is -0.500. The predicted octanol–water partition coefficient (Wildman–Crippen LogP) is 0.158. The third kappa shape index (κ3) is 9.46. The van der Waals surface area contributed by atoms with E-state index in [1.807, 2.05) is 13.8 Å². The SMILES string of the molecule is COC(C)[O][Al][O]C(C)OC.[Na]. The minimum atomic E-state index is -0.500. The molecule has 0 bridgehead atoms. The van der Waals surface area contributed by atoms with Gasteiger partial charge in [0.25, 0.3) is 0 Å². The summed E-state index contributed by atoms with van der Waals surface area (Å²) < 4.78 is 19.9. The zero-order chi connectivity index (χ0) is 8.69. The van der Waals surface area contributed by atoms with Crippen molar-refractivity contribution in [3.05, 3.63) is 0 Å². The molecule has 2 atom stereocenters. The average molecular weight is 200 g/mol. The Kier molecular flexibility index (Phi) is 13.8. The van der Waals surface area contributed by atoms with Crippen LogP contribution in [-0.4, -0.2) is 72.2 Å². The van der Waals surface area contributed by atoms with Crippen molar-refractivity contribution >= 4 is 45.4 Å². The Hall–Kier alpha value is 1.37. The molecule has 0 aliphatic rings. The van der Waals surface area contributed by atoms with Gasteiger partial charge in [-0.2, -0.15) is 0 Å². The van der Waals surface area contributed by atoms with E-state index in [1.54, 1.807) is 14.2 Å². The van der Waals surface area contributed by atoms with E-state index < -0.39 is 15.9 Å². The Morgan fingerprint density at radius 1 is 0.917 bits per heavy atom. The van der Waals surface area contributed by atoms with Crippen LogP contribution in [0.2, 0.25) is 0 Å². The zero-order valence-electron chi connectivity index (χ0n) is 8.37. The molecule has 2 unspecified atom stereocenters. The van der Waals surface area contributed by atoms with Crippen molar-refractivity contribution in [2.45, 2.75) is 26.4 Å². The largest absolute Gasteiger partial charge is 0.671 e. The molecule has 0 aromatic heterocycles. The molecule has 0 amide bonds. The molecular weight excluding hydrogens is 186 g/mol. The number of hydrogen-bond acceptors (Lipinski definition) is 4. The van der Waals surface area contributed by atoms with Crippen LogP contribution in [0.3, 0.4) is 0 Å². The second kappa shape index (κ2) is 10.5. The van der Waals surface area contributed by atoms with Crippen LogP contribution in [0, 0.1) is 0 Å². The van der Waals surface area contributed by atoms with Gasteiger partial charge in [-0.25, -0.2) is 0 Å². The quantitative estimate of drug-likeness (QED) is 0.452. The summed E-state index contributed by atoms with van der Waals surface area (Å²) in [5, 5.41) is 0. The van der Waals surface area contributed by atoms with Crippen molar-refractivity contribution in [3.8, 4) is 0 Å². The summed E-state index contributed by atoms with van der Waals surface area (Å²) in [5.74, 6) is 0. The van der Waals surface area contributed by atoms with Crippen molar-refractivity contribution in [1.29, 1.82) is 0 Å². The smallest absolute Gasteiger partial charge is 0.461 e. The molecule has 66 valence electrons. The van der Waals surface area contributed by atoms with Gasteiger partial charge in [0, 0.05) is 43.8 Å². The minimum absolute atomic E-state index is 0. The molecule has 0 heterocycles. The summed E-state index contributed by atoms with van der Waals surface area (Å²) in [7, 11) is 3.17. The molecule has 0 aromatic rings. The van der Waals surface area contributed by atoms with Crippen molar-refractivity contribution in [2.24, 2.45) is 0 Å². The van der Waals surface area contributed by atoms with Gasteiger partial charge in [-0.3, -0.25) is 0 Å². The summed E-state index contributed by atoms with van der Waals surface area (Å²) in [6, 6.07) is 0. The minimum Gasteiger partial charge on any atom is -0.461 e. The number of methoxy groups -OCH3 is 2. The predicted molar refractivity (Wildman–Crippen MR) is 46.6 cm³/mol. The van der Waals surface area contributed by atoms with Gasteiger partial charge in [0.15, 0.2) is 0 Å². The molecule has 0 aromatic carbocycles. The zero-order valence-corrected chi connectivity index (χ0v) is 11.5. The van der Waals surface area contributed by atoms with E-state index >= 15 is 0 Å². The van der Waals surface area contributed by atoms with Crippen LogP contribution in [0.4, 0.5) is 0 Å². The van der Waals surface area contributed by atoms with Gasteiger partial charge in [0.05, 0.1) is 0 Å². The average Bonchev–Trinajstić information content (AvgIpc) is 2.04. The topological polar surface area (TPSA) is 36.9 Å². The molecule has 0 fully saturated rings. The fraction of sp³-hybridized carbons (Fsp3) is 1.00. The van der Waals surface area contributed by atoms with E-state index in [0.717, 1.165) is 0 Å². The van der Waals surface area contributed by atoms with Crippen molar-refractivity contribution < 1.29 is 17.1 Å². The fourth-order valence-corrected chi connectivity index (χ4v) is 0.899. The van der Waals surface area contributed by atoms with E-state index in [9.17, 15) is 0 Å². The van der Waals surface area contributed by atoms with Crippen molar-refractivity contribution in [1.82, 2.24) is 0 Å². The van der Waals surface area contributed by atoms with Crippen molar-refractivity contribution in [2.75, 3.05) is 14.2 Å². The molecular formula is C6H14AlNaO4. The number of ether oxygens (including phenoxy) is 2. The van der Waals surface area contributed by atoms with Gasteiger partial charge in [0.2, 0.25) is 0 Å². The summed E-state index contributed by atoms with van der Waals surface area (Å²) in [6.45, 7) is 3.63. The maximum Gasteiger partial charge on any atom is 0.671 e. The van der Waals surface area contributed by atoms with Crippen molar-refractivity contribution in [3.63, 3.8) is 0 Å². The summed E-state index contributed by atoms with van der Waals surface area (Å²) in [6.07, 6.45) is -0.400. The maximum atomic E-state index is 5.12. The first-order valence-electron chi connectivity index (χ1n) is 3.39. The molecule has 12 heavy (non-hydrogen) atoms. The number of rotatable bonds is 6. The molecule has 2 radical (unpaired) electrons. The summed E-state index contributed by atoms with van der Waals surface area (Å²) in [5.41, 5.74) is 0. The fourth-order valence-electron chi connectivity index (χ4n) is 0.300. The standard InChI is InChI=1S/2C3H7O2.Al.Na/c2*1-3(4)5-2;;/h2*3H,1-2H3;;/q2*-1;+2;. The summed E-state index contributed by atoms with van der Waals surface area (Å²) in [4.78, 5) is 0. The number of hydrogen-bond donors (Lipinski definition) is 0. The molecule has 0 rings (SSSR count). The van der Waals surface area contributed by atoms with Crippen LogP contribution < -0.4 is 0 Å². The Morgan fingerprint density at radius 3 is 1.50 bits per heavy atom. The van der Waals surface area contributed by atoms with Gasteiger partial charge >= 0.3 is 15.9 Å². The van der Waals surface area contributed by atoms with E-state index in [2.05, 4.69) is 0 Å². The molecule has 0 aliphatic carbocycles. The Labute approximate surface area is 103 Å². The molecule has 0 aliphatic heterocycles. The molecule has 0 saturated carbocycles. The monoisotopic (exact) mass is 200 g/mol. The van der Waals surface area contributed by atoms with Gasteiger partial charge in [-0.1, -0.05) is 0 Å². The maximum absolute atomic E-state index is 5.12. The van der Waals surface area contributed by atoms with Crippen LogP contribution in [0.25, 0.3) is 0 Å². The molecule has 0 saturated heterocycles. The van der Waals surface area contributed by atoms with E-state index in [1.165, 1.54) is 0 Å². The molecule has 6 heteroatoms. The first kappa shape index (κ1) is 15.8. The van der Waals surface area contributed by atoms with Crippen LogP contribution in [0.1, 0.15) is 13.8 Å². The Bertz CT molecular complexity index is 85.6. The molecule has 0 N–H and O–H groups in total. The Morgan fingerprint density at radius 2 is 1.25 bits per heavy atom. The second-order valence-electron chi connectivity index (χ2n) is 1.98. The van der Waals surface area contributed by atoms with Gasteiger partial charge in [-0.15, -0.1) is 0 Å². The molecule has 0 spiro atoms. The third-order valence-electron chi connectivity index (χ3n) is 1.16. The molecule has 4 nitrogen and oxygen atoms in total. The van der Waals surface area contributed by atoms with Gasteiger partial charge in [0.1, 0.15) is 12.6 Å². The van der Waals surface area contributed by atoms with E-state index in [0.29, 0.717) is 0 Å². The van der Waals surface area contributed by atoms with Crippen LogP contribution in [-0.2, 0) is 17.1 Å². The van der Waals surface area contributed by atoms with Crippen LogP contribution in [0.5, 0.6) is 0 Å². The second-order valence-corrected chi connectivity index (χ2v) is 2.71. The third-order valence-corrected chi connectivity index (χ3v) is 2.15. The van der Waals surface area contributed by atoms with E-state index in [4.69, 9.17) is 17.1 Å². The normalized spacial score (nSPS) is 14.7.